The van der Waals surface area contributed by atoms with E-state index in [-0.39, 0.29) is 0 Å². The molecule has 1 rings (SSSR count). The average molecular weight is 198 g/mol. The minimum absolute atomic E-state index is 0.302. The first-order valence-electron chi connectivity index (χ1n) is 4.34. The van der Waals surface area contributed by atoms with Crippen LogP contribution in [0.1, 0.15) is 12.7 Å². The number of nitrogens with zero attached hydrogens (tertiary/aromatic N) is 3. The highest BCUT2D eigenvalue weighted by molar-refractivity contribution is 5.24. The zero-order chi connectivity index (χ0) is 10.4. The smallest absolute Gasteiger partial charge is 0.321 e. The van der Waals surface area contributed by atoms with Crippen molar-refractivity contribution in [2.75, 3.05) is 25.8 Å². The van der Waals surface area contributed by atoms with E-state index in [0.29, 0.717) is 31.1 Å². The second-order valence-corrected chi connectivity index (χ2v) is 2.51. The molecule has 0 saturated carbocycles. The molecule has 1 heterocycles. The highest BCUT2D eigenvalue weighted by Crippen LogP contribution is 2.05. The van der Waals surface area contributed by atoms with Crippen LogP contribution in [0.2, 0.25) is 0 Å². The van der Waals surface area contributed by atoms with E-state index in [2.05, 4.69) is 20.3 Å². The van der Waals surface area contributed by atoms with Gasteiger partial charge >= 0.3 is 6.01 Å². The zero-order valence-corrected chi connectivity index (χ0v) is 8.57. The molecule has 0 spiro atoms. The van der Waals surface area contributed by atoms with E-state index in [9.17, 15) is 0 Å². The summed E-state index contributed by atoms with van der Waals surface area (Å²) in [5.41, 5.74) is 0. The summed E-state index contributed by atoms with van der Waals surface area (Å²) in [7, 11) is 1.51. The van der Waals surface area contributed by atoms with Crippen molar-refractivity contribution in [1.29, 1.82) is 0 Å². The van der Waals surface area contributed by atoms with Gasteiger partial charge in [0.2, 0.25) is 5.95 Å². The Bertz CT molecular complexity index is 293. The standard InChI is InChI=1S/C8H14N4O2/c1-4-14-5-9-7-10-6(2)11-8(12-7)13-3/h4-5H2,1-3H3,(H,9,10,11,12). The van der Waals surface area contributed by atoms with Crippen LogP contribution in [0.3, 0.4) is 0 Å². The van der Waals surface area contributed by atoms with Crippen molar-refractivity contribution in [3.05, 3.63) is 5.82 Å². The van der Waals surface area contributed by atoms with Crippen molar-refractivity contribution in [1.82, 2.24) is 15.0 Å². The Morgan fingerprint density at radius 2 is 2.07 bits per heavy atom. The SMILES string of the molecule is CCOCNc1nc(C)nc(OC)n1. The number of anilines is 1. The van der Waals surface area contributed by atoms with Gasteiger partial charge < -0.3 is 14.8 Å². The lowest BCUT2D eigenvalue weighted by Crippen LogP contribution is -2.10. The minimum Gasteiger partial charge on any atom is -0.467 e. The Balaban J connectivity index is 2.62. The molecule has 0 amide bonds. The monoisotopic (exact) mass is 198 g/mol. The van der Waals surface area contributed by atoms with E-state index in [1.807, 2.05) is 6.92 Å². The maximum atomic E-state index is 5.10. The molecule has 1 N–H and O–H groups in total. The average Bonchev–Trinajstić information content (AvgIpc) is 2.17. The third-order valence-corrected chi connectivity index (χ3v) is 1.45. The van der Waals surface area contributed by atoms with Crippen LogP contribution >= 0.6 is 0 Å². The molecule has 0 saturated heterocycles. The molecule has 0 radical (unpaired) electrons. The highest BCUT2D eigenvalue weighted by Gasteiger charge is 2.02. The number of ether oxygens (including phenoxy) is 2. The summed E-state index contributed by atoms with van der Waals surface area (Å²) in [6.45, 7) is 4.72. The van der Waals surface area contributed by atoms with Crippen LogP contribution in [0.25, 0.3) is 0 Å². The molecule has 0 aliphatic carbocycles. The number of rotatable bonds is 5. The van der Waals surface area contributed by atoms with Crippen LogP contribution in [0.5, 0.6) is 6.01 Å². The summed E-state index contributed by atoms with van der Waals surface area (Å²) >= 11 is 0. The Hall–Kier alpha value is -1.43. The molecular weight excluding hydrogens is 184 g/mol. The molecule has 1 aromatic heterocycles. The van der Waals surface area contributed by atoms with E-state index in [4.69, 9.17) is 9.47 Å². The lowest BCUT2D eigenvalue weighted by Gasteiger charge is -2.05. The summed E-state index contributed by atoms with van der Waals surface area (Å²) in [5.74, 6) is 1.07. The molecule has 14 heavy (non-hydrogen) atoms. The van der Waals surface area contributed by atoms with Crippen LogP contribution in [-0.4, -0.2) is 35.4 Å². The van der Waals surface area contributed by atoms with Crippen molar-refractivity contribution in [2.24, 2.45) is 0 Å². The van der Waals surface area contributed by atoms with Crippen molar-refractivity contribution >= 4 is 5.95 Å². The zero-order valence-electron chi connectivity index (χ0n) is 8.57. The maximum absolute atomic E-state index is 5.10. The Labute approximate surface area is 82.7 Å². The summed E-state index contributed by atoms with van der Waals surface area (Å²) in [6.07, 6.45) is 0. The molecule has 0 bridgehead atoms. The topological polar surface area (TPSA) is 69.2 Å². The van der Waals surface area contributed by atoms with Gasteiger partial charge in [0.25, 0.3) is 0 Å². The van der Waals surface area contributed by atoms with E-state index in [0.717, 1.165) is 0 Å². The molecule has 1 aromatic rings. The largest absolute Gasteiger partial charge is 0.467 e. The fraction of sp³-hybridized carbons (Fsp3) is 0.625. The Kier molecular flexibility index (Phi) is 4.06. The highest BCUT2D eigenvalue weighted by atomic mass is 16.5. The van der Waals surface area contributed by atoms with Gasteiger partial charge in [-0.2, -0.15) is 15.0 Å². The number of hydrogen-bond acceptors (Lipinski definition) is 6. The predicted octanol–water partition coefficient (Wildman–Crippen LogP) is 0.595. The molecule has 6 heteroatoms. The molecule has 0 aliphatic rings. The number of methoxy groups -OCH3 is 1. The molecule has 0 aromatic carbocycles. The van der Waals surface area contributed by atoms with Gasteiger partial charge in [0.1, 0.15) is 12.6 Å². The Morgan fingerprint density at radius 3 is 2.71 bits per heavy atom. The fourth-order valence-corrected chi connectivity index (χ4v) is 0.845. The van der Waals surface area contributed by atoms with Gasteiger partial charge in [-0.25, -0.2) is 0 Å². The van der Waals surface area contributed by atoms with Crippen LogP contribution in [0.15, 0.2) is 0 Å². The summed E-state index contributed by atoms with van der Waals surface area (Å²) < 4.78 is 10.00. The predicted molar refractivity (Wildman–Crippen MR) is 51.2 cm³/mol. The van der Waals surface area contributed by atoms with E-state index < -0.39 is 0 Å². The molecule has 6 nitrogen and oxygen atoms in total. The molecule has 0 aliphatic heterocycles. The van der Waals surface area contributed by atoms with Crippen LogP contribution in [0, 0.1) is 6.92 Å². The first-order chi connectivity index (χ1) is 6.76. The van der Waals surface area contributed by atoms with E-state index >= 15 is 0 Å². The van der Waals surface area contributed by atoms with Crippen LogP contribution < -0.4 is 10.1 Å². The second-order valence-electron chi connectivity index (χ2n) is 2.51. The van der Waals surface area contributed by atoms with Gasteiger partial charge in [-0.1, -0.05) is 0 Å². The van der Waals surface area contributed by atoms with Crippen LogP contribution in [-0.2, 0) is 4.74 Å². The summed E-state index contributed by atoms with van der Waals surface area (Å²) in [4.78, 5) is 12.0. The van der Waals surface area contributed by atoms with Crippen molar-refractivity contribution in [3.63, 3.8) is 0 Å². The number of nitrogens with one attached hydrogen (secondary N) is 1. The van der Waals surface area contributed by atoms with Crippen LogP contribution in [0.4, 0.5) is 5.95 Å². The summed E-state index contributed by atoms with van der Waals surface area (Å²) in [5, 5.41) is 2.90. The fourth-order valence-electron chi connectivity index (χ4n) is 0.845. The number of aromatic nitrogens is 3. The second kappa shape index (κ2) is 5.33. The van der Waals surface area contributed by atoms with Crippen molar-refractivity contribution in [3.8, 4) is 6.01 Å². The number of hydrogen-bond donors (Lipinski definition) is 1. The Morgan fingerprint density at radius 1 is 1.29 bits per heavy atom. The van der Waals surface area contributed by atoms with Gasteiger partial charge in [0, 0.05) is 6.61 Å². The molecule has 78 valence electrons. The lowest BCUT2D eigenvalue weighted by molar-refractivity contribution is 0.166. The minimum atomic E-state index is 0.302. The molecule has 0 unspecified atom stereocenters. The first kappa shape index (κ1) is 10.6. The van der Waals surface area contributed by atoms with E-state index in [1.54, 1.807) is 6.92 Å². The van der Waals surface area contributed by atoms with Crippen molar-refractivity contribution in [2.45, 2.75) is 13.8 Å². The van der Waals surface area contributed by atoms with E-state index in [1.165, 1.54) is 7.11 Å². The normalized spacial score (nSPS) is 9.93. The van der Waals surface area contributed by atoms with Gasteiger partial charge in [-0.15, -0.1) is 0 Å². The quantitative estimate of drug-likeness (QED) is 0.551. The third kappa shape index (κ3) is 3.14. The summed E-state index contributed by atoms with van der Waals surface area (Å²) in [6, 6.07) is 0.302. The van der Waals surface area contributed by atoms with Gasteiger partial charge in [0.15, 0.2) is 0 Å². The third-order valence-electron chi connectivity index (χ3n) is 1.45. The van der Waals surface area contributed by atoms with Gasteiger partial charge in [-0.3, -0.25) is 0 Å². The molecular formula is C8H14N4O2. The molecule has 0 atom stereocenters. The van der Waals surface area contributed by atoms with Crippen molar-refractivity contribution < 1.29 is 9.47 Å². The lowest BCUT2D eigenvalue weighted by atomic mass is 10.7. The molecule has 0 fully saturated rings. The first-order valence-corrected chi connectivity index (χ1v) is 4.34. The van der Waals surface area contributed by atoms with Gasteiger partial charge in [-0.05, 0) is 13.8 Å². The van der Waals surface area contributed by atoms with Gasteiger partial charge in [0.05, 0.1) is 7.11 Å². The maximum Gasteiger partial charge on any atom is 0.321 e. The number of aryl methyl sites for hydroxylation is 1.